The molecule has 0 fully saturated rings. The Bertz CT molecular complexity index is 1120. The average Bonchev–Trinajstić information content (AvgIpc) is 2.72. The van der Waals surface area contributed by atoms with Gasteiger partial charge in [-0.25, -0.2) is 19.7 Å². The third kappa shape index (κ3) is 6.64. The van der Waals surface area contributed by atoms with Crippen LogP contribution in [0.15, 0.2) is 48.8 Å². The van der Waals surface area contributed by atoms with Crippen LogP contribution in [0.25, 0.3) is 11.1 Å². The van der Waals surface area contributed by atoms with Gasteiger partial charge in [0.25, 0.3) is 0 Å². The Labute approximate surface area is 189 Å². The van der Waals surface area contributed by atoms with Crippen LogP contribution in [0.2, 0.25) is 0 Å². The number of pyridine rings is 1. The number of anilines is 3. The van der Waals surface area contributed by atoms with Crippen molar-refractivity contribution in [3.05, 3.63) is 60.0 Å². The van der Waals surface area contributed by atoms with Crippen LogP contribution in [0.5, 0.6) is 0 Å². The van der Waals surface area contributed by atoms with Gasteiger partial charge in [0, 0.05) is 23.6 Å². The van der Waals surface area contributed by atoms with E-state index in [2.05, 4.69) is 25.6 Å². The van der Waals surface area contributed by atoms with Gasteiger partial charge in [0.1, 0.15) is 17.6 Å². The molecule has 0 saturated heterocycles. The van der Waals surface area contributed by atoms with Crippen LogP contribution in [-0.4, -0.2) is 32.1 Å². The largest absolute Gasteiger partial charge is 0.480 e. The standard InChI is InChI=1S/C23H24F3N5O2/c1-13(2)8-18(21(32)33)30-20-5-4-15(12-28-20)16-9-14(3)10-17(11-16)29-22-27-7-6-19(31-22)23(24,25)26/h4-7,9-13,18H,8H2,1-3H3,(H,28,30)(H,32,33)(H,27,29,31). The molecular formula is C23H24F3N5O2. The van der Waals surface area contributed by atoms with Gasteiger partial charge in [0.2, 0.25) is 5.95 Å². The number of carboxylic acid groups (broad SMARTS) is 1. The van der Waals surface area contributed by atoms with Crippen LogP contribution >= 0.6 is 0 Å². The van der Waals surface area contributed by atoms with Gasteiger partial charge in [-0.1, -0.05) is 19.9 Å². The molecular weight excluding hydrogens is 435 g/mol. The summed E-state index contributed by atoms with van der Waals surface area (Å²) in [7, 11) is 0. The highest BCUT2D eigenvalue weighted by Crippen LogP contribution is 2.29. The zero-order valence-electron chi connectivity index (χ0n) is 18.3. The molecule has 2 aromatic heterocycles. The van der Waals surface area contributed by atoms with Crippen molar-refractivity contribution in [2.24, 2.45) is 5.92 Å². The van der Waals surface area contributed by atoms with Gasteiger partial charge in [-0.2, -0.15) is 13.2 Å². The quantitative estimate of drug-likeness (QED) is 0.408. The Morgan fingerprint density at radius 3 is 2.45 bits per heavy atom. The number of nitrogens with one attached hydrogen (secondary N) is 2. The fraction of sp³-hybridized carbons (Fsp3) is 0.304. The number of carboxylic acids is 1. The van der Waals surface area contributed by atoms with E-state index in [0.717, 1.165) is 29.0 Å². The molecule has 2 heterocycles. The molecule has 10 heteroatoms. The van der Waals surface area contributed by atoms with Crippen LogP contribution in [0.3, 0.4) is 0 Å². The summed E-state index contributed by atoms with van der Waals surface area (Å²) in [6, 6.07) is 8.97. The first-order valence-electron chi connectivity index (χ1n) is 10.3. The molecule has 1 unspecified atom stereocenters. The van der Waals surface area contributed by atoms with E-state index in [0.29, 0.717) is 17.9 Å². The Balaban J connectivity index is 1.80. The Hall–Kier alpha value is -3.69. The van der Waals surface area contributed by atoms with Crippen LogP contribution in [0.1, 0.15) is 31.5 Å². The second kappa shape index (κ2) is 9.85. The molecule has 0 aliphatic rings. The van der Waals surface area contributed by atoms with Crippen LogP contribution in [0, 0.1) is 12.8 Å². The van der Waals surface area contributed by atoms with E-state index in [1.165, 1.54) is 0 Å². The summed E-state index contributed by atoms with van der Waals surface area (Å²) in [6.45, 7) is 5.75. The highest BCUT2D eigenvalue weighted by atomic mass is 19.4. The van der Waals surface area contributed by atoms with Crippen LogP contribution in [-0.2, 0) is 11.0 Å². The van der Waals surface area contributed by atoms with Gasteiger partial charge in [0.15, 0.2) is 0 Å². The van der Waals surface area contributed by atoms with Gasteiger partial charge in [0.05, 0.1) is 0 Å². The number of carbonyl (C=O) groups is 1. The summed E-state index contributed by atoms with van der Waals surface area (Å²) in [4.78, 5) is 23.2. The molecule has 1 aromatic carbocycles. The minimum Gasteiger partial charge on any atom is -0.480 e. The molecule has 33 heavy (non-hydrogen) atoms. The minimum atomic E-state index is -4.56. The van der Waals surface area contributed by atoms with Crippen molar-refractivity contribution >= 4 is 23.4 Å². The summed E-state index contributed by atoms with van der Waals surface area (Å²) in [5.41, 5.74) is 1.90. The number of alkyl halides is 3. The van der Waals surface area contributed by atoms with Gasteiger partial charge >= 0.3 is 12.1 Å². The molecule has 0 aliphatic carbocycles. The van der Waals surface area contributed by atoms with Gasteiger partial charge in [-0.05, 0) is 60.7 Å². The summed E-state index contributed by atoms with van der Waals surface area (Å²) in [5, 5.41) is 15.1. The predicted molar refractivity (Wildman–Crippen MR) is 119 cm³/mol. The van der Waals surface area contributed by atoms with Crippen molar-refractivity contribution in [1.29, 1.82) is 0 Å². The Morgan fingerprint density at radius 1 is 1.09 bits per heavy atom. The molecule has 3 N–H and O–H groups in total. The minimum absolute atomic E-state index is 0.163. The lowest BCUT2D eigenvalue weighted by molar-refractivity contribution is -0.141. The summed E-state index contributed by atoms with van der Waals surface area (Å²) in [5.74, 6) is -0.461. The Morgan fingerprint density at radius 2 is 1.85 bits per heavy atom. The third-order valence-corrected chi connectivity index (χ3v) is 4.70. The highest BCUT2D eigenvalue weighted by Gasteiger charge is 2.32. The molecule has 7 nitrogen and oxygen atoms in total. The number of nitrogens with zero attached hydrogens (tertiary/aromatic N) is 3. The van der Waals surface area contributed by atoms with E-state index < -0.39 is 23.9 Å². The highest BCUT2D eigenvalue weighted by molar-refractivity contribution is 5.77. The van der Waals surface area contributed by atoms with Crippen molar-refractivity contribution in [2.75, 3.05) is 10.6 Å². The molecule has 0 amide bonds. The topological polar surface area (TPSA) is 100 Å². The average molecular weight is 459 g/mol. The molecule has 1 atom stereocenters. The fourth-order valence-corrected chi connectivity index (χ4v) is 3.25. The monoisotopic (exact) mass is 459 g/mol. The number of aryl methyl sites for hydroxylation is 1. The smallest absolute Gasteiger partial charge is 0.433 e. The van der Waals surface area contributed by atoms with E-state index in [9.17, 15) is 23.1 Å². The number of aromatic nitrogens is 3. The fourth-order valence-electron chi connectivity index (χ4n) is 3.25. The summed E-state index contributed by atoms with van der Waals surface area (Å²) >= 11 is 0. The molecule has 3 aromatic rings. The number of hydrogen-bond acceptors (Lipinski definition) is 6. The van der Waals surface area contributed by atoms with Crippen LogP contribution < -0.4 is 10.6 Å². The molecule has 3 rings (SSSR count). The van der Waals surface area contributed by atoms with Crippen molar-refractivity contribution in [2.45, 2.75) is 39.4 Å². The van der Waals surface area contributed by atoms with E-state index in [1.807, 2.05) is 26.8 Å². The SMILES string of the molecule is Cc1cc(Nc2nccc(C(F)(F)F)n2)cc(-c2ccc(NC(CC(C)C)C(=O)O)nc2)c1. The number of halogens is 3. The van der Waals surface area contributed by atoms with Crippen LogP contribution in [0.4, 0.5) is 30.6 Å². The summed E-state index contributed by atoms with van der Waals surface area (Å²) in [6.07, 6.45) is -1.44. The second-order valence-electron chi connectivity index (χ2n) is 8.07. The molecule has 174 valence electrons. The molecule has 0 spiro atoms. The van der Waals surface area contributed by atoms with Crippen molar-refractivity contribution < 1.29 is 23.1 Å². The lowest BCUT2D eigenvalue weighted by atomic mass is 10.0. The first-order valence-corrected chi connectivity index (χ1v) is 10.3. The van der Waals surface area contributed by atoms with Crippen molar-refractivity contribution in [3.8, 4) is 11.1 Å². The molecule has 0 radical (unpaired) electrons. The maximum atomic E-state index is 12.9. The number of aliphatic carboxylic acids is 1. The zero-order chi connectivity index (χ0) is 24.2. The van der Waals surface area contributed by atoms with E-state index in [1.54, 1.807) is 30.5 Å². The van der Waals surface area contributed by atoms with E-state index in [4.69, 9.17) is 0 Å². The van der Waals surface area contributed by atoms with Crippen molar-refractivity contribution in [3.63, 3.8) is 0 Å². The van der Waals surface area contributed by atoms with Gasteiger partial charge < -0.3 is 15.7 Å². The van der Waals surface area contributed by atoms with Crippen molar-refractivity contribution in [1.82, 2.24) is 15.0 Å². The molecule has 0 saturated carbocycles. The van der Waals surface area contributed by atoms with Gasteiger partial charge in [-0.3, -0.25) is 0 Å². The van der Waals surface area contributed by atoms with E-state index in [-0.39, 0.29) is 11.9 Å². The first-order chi connectivity index (χ1) is 15.5. The number of rotatable bonds is 8. The number of benzene rings is 1. The van der Waals surface area contributed by atoms with Gasteiger partial charge in [-0.15, -0.1) is 0 Å². The second-order valence-corrected chi connectivity index (χ2v) is 8.07. The maximum Gasteiger partial charge on any atom is 0.433 e. The lowest BCUT2D eigenvalue weighted by Gasteiger charge is -2.17. The normalized spacial score (nSPS) is 12.5. The third-order valence-electron chi connectivity index (χ3n) is 4.70. The number of hydrogen-bond donors (Lipinski definition) is 3. The summed E-state index contributed by atoms with van der Waals surface area (Å²) < 4.78 is 38.7. The predicted octanol–water partition coefficient (Wildman–Crippen LogP) is 5.52. The lowest BCUT2D eigenvalue weighted by Crippen LogP contribution is -2.31. The Kier molecular flexibility index (Phi) is 7.15. The maximum absolute atomic E-state index is 12.9. The van der Waals surface area contributed by atoms with E-state index >= 15 is 0 Å². The molecule has 0 aliphatic heterocycles. The zero-order valence-corrected chi connectivity index (χ0v) is 18.3. The first kappa shape index (κ1) is 24.0. The molecule has 0 bridgehead atoms.